The Hall–Kier alpha value is -2.74. The summed E-state index contributed by atoms with van der Waals surface area (Å²) in [6, 6.07) is 28.0. The minimum atomic E-state index is 0.716. The molecule has 3 aromatic rings. The van der Waals surface area contributed by atoms with Crippen LogP contribution in [-0.4, -0.2) is 6.61 Å². The summed E-state index contributed by atoms with van der Waals surface area (Å²) in [5.41, 5.74) is 1.26. The smallest absolute Gasteiger partial charge is 0.127 e. The van der Waals surface area contributed by atoms with Crippen molar-refractivity contribution in [2.75, 3.05) is 6.61 Å². The van der Waals surface area contributed by atoms with Crippen LogP contribution in [0, 0.1) is 0 Å². The average molecular weight is 304 g/mol. The maximum absolute atomic E-state index is 5.86. The summed E-state index contributed by atoms with van der Waals surface area (Å²) in [7, 11) is 0. The number of ether oxygens (including phenoxy) is 2. The molecule has 0 fully saturated rings. The first-order chi connectivity index (χ1) is 11.4. The lowest BCUT2D eigenvalue weighted by Gasteiger charge is -2.08. The molecule has 0 aliphatic carbocycles. The lowest BCUT2D eigenvalue weighted by Crippen LogP contribution is -1.99. The summed E-state index contributed by atoms with van der Waals surface area (Å²) in [4.78, 5) is 0. The Balaban J connectivity index is 1.49. The van der Waals surface area contributed by atoms with Gasteiger partial charge in [-0.15, -0.1) is 0 Å². The van der Waals surface area contributed by atoms with E-state index in [1.807, 2.05) is 72.8 Å². The van der Waals surface area contributed by atoms with E-state index in [1.165, 1.54) is 5.56 Å². The molecule has 2 heteroatoms. The molecule has 0 bridgehead atoms. The van der Waals surface area contributed by atoms with Gasteiger partial charge >= 0.3 is 0 Å². The van der Waals surface area contributed by atoms with Gasteiger partial charge in [0.15, 0.2) is 0 Å². The Morgan fingerprint density at radius 1 is 0.609 bits per heavy atom. The fourth-order valence-electron chi connectivity index (χ4n) is 2.37. The summed E-state index contributed by atoms with van der Waals surface area (Å²) in [5.74, 6) is 2.66. The highest BCUT2D eigenvalue weighted by molar-refractivity contribution is 5.33. The van der Waals surface area contributed by atoms with Crippen molar-refractivity contribution in [3.05, 3.63) is 90.5 Å². The number of rotatable bonds is 7. The predicted octanol–water partition coefficient (Wildman–Crippen LogP) is 5.49. The predicted molar refractivity (Wildman–Crippen MR) is 93.2 cm³/mol. The van der Waals surface area contributed by atoms with Gasteiger partial charge in [-0.2, -0.15) is 0 Å². The van der Waals surface area contributed by atoms with Crippen LogP contribution in [0.4, 0.5) is 0 Å². The molecule has 0 saturated carbocycles. The second-order valence-electron chi connectivity index (χ2n) is 5.33. The zero-order chi connectivity index (χ0) is 15.7. The van der Waals surface area contributed by atoms with Gasteiger partial charge in [-0.3, -0.25) is 0 Å². The Morgan fingerprint density at radius 3 is 2.00 bits per heavy atom. The molecule has 0 N–H and O–H groups in total. The Kier molecular flexibility index (Phi) is 5.30. The van der Waals surface area contributed by atoms with Crippen molar-refractivity contribution in [2.45, 2.75) is 12.8 Å². The van der Waals surface area contributed by atoms with E-state index in [2.05, 4.69) is 12.1 Å². The zero-order valence-corrected chi connectivity index (χ0v) is 13.0. The molecule has 116 valence electrons. The fourth-order valence-corrected chi connectivity index (χ4v) is 2.37. The molecule has 0 radical (unpaired) electrons. The highest BCUT2D eigenvalue weighted by atomic mass is 16.5. The van der Waals surface area contributed by atoms with Gasteiger partial charge in [0.1, 0.15) is 17.2 Å². The van der Waals surface area contributed by atoms with Crippen molar-refractivity contribution in [3.63, 3.8) is 0 Å². The number of aryl methyl sites for hydroxylation is 1. The molecule has 0 amide bonds. The van der Waals surface area contributed by atoms with E-state index in [4.69, 9.17) is 9.47 Å². The molecule has 3 rings (SSSR count). The number of benzene rings is 3. The Labute approximate surface area is 137 Å². The van der Waals surface area contributed by atoms with Crippen molar-refractivity contribution < 1.29 is 9.47 Å². The second-order valence-corrected chi connectivity index (χ2v) is 5.33. The standard InChI is InChI=1S/C21H20O2/c1-3-11-19(12-4-1)22-16-8-10-18-9-7-15-21(17-18)23-20-13-5-2-6-14-20/h1-7,9,11-15,17H,8,10,16H2. The van der Waals surface area contributed by atoms with Crippen molar-refractivity contribution in [3.8, 4) is 17.2 Å². The van der Waals surface area contributed by atoms with Crippen LogP contribution in [0.2, 0.25) is 0 Å². The molecule has 2 nitrogen and oxygen atoms in total. The number of hydrogen-bond donors (Lipinski definition) is 0. The van der Waals surface area contributed by atoms with E-state index < -0.39 is 0 Å². The van der Waals surface area contributed by atoms with Crippen molar-refractivity contribution in [1.29, 1.82) is 0 Å². The number of para-hydroxylation sites is 2. The van der Waals surface area contributed by atoms with Gasteiger partial charge < -0.3 is 9.47 Å². The maximum atomic E-state index is 5.86. The lowest BCUT2D eigenvalue weighted by atomic mass is 10.1. The Morgan fingerprint density at radius 2 is 1.26 bits per heavy atom. The summed E-state index contributed by atoms with van der Waals surface area (Å²) >= 11 is 0. The van der Waals surface area contributed by atoms with E-state index >= 15 is 0 Å². The summed E-state index contributed by atoms with van der Waals surface area (Å²) in [5, 5.41) is 0. The van der Waals surface area contributed by atoms with Gasteiger partial charge in [-0.25, -0.2) is 0 Å². The third-order valence-electron chi connectivity index (χ3n) is 3.50. The van der Waals surface area contributed by atoms with Crippen LogP contribution < -0.4 is 9.47 Å². The monoisotopic (exact) mass is 304 g/mol. The highest BCUT2D eigenvalue weighted by Gasteiger charge is 2.00. The second kappa shape index (κ2) is 8.04. The molecule has 23 heavy (non-hydrogen) atoms. The third-order valence-corrected chi connectivity index (χ3v) is 3.50. The fraction of sp³-hybridized carbons (Fsp3) is 0.143. The van der Waals surface area contributed by atoms with Gasteiger partial charge in [0, 0.05) is 0 Å². The zero-order valence-electron chi connectivity index (χ0n) is 13.0. The molecule has 0 aromatic heterocycles. The average Bonchev–Trinajstić information content (AvgIpc) is 2.61. The highest BCUT2D eigenvalue weighted by Crippen LogP contribution is 2.22. The van der Waals surface area contributed by atoms with Gasteiger partial charge in [-0.05, 0) is 54.8 Å². The van der Waals surface area contributed by atoms with Crippen LogP contribution in [0.1, 0.15) is 12.0 Å². The van der Waals surface area contributed by atoms with Gasteiger partial charge in [0.25, 0.3) is 0 Å². The Bertz CT molecular complexity index is 708. The maximum Gasteiger partial charge on any atom is 0.127 e. The van der Waals surface area contributed by atoms with Gasteiger partial charge in [0.05, 0.1) is 6.61 Å². The molecule has 0 aliphatic rings. The first-order valence-corrected chi connectivity index (χ1v) is 7.90. The van der Waals surface area contributed by atoms with Crippen molar-refractivity contribution >= 4 is 0 Å². The molecular formula is C21H20O2. The van der Waals surface area contributed by atoms with E-state index in [1.54, 1.807) is 0 Å². The topological polar surface area (TPSA) is 18.5 Å². The van der Waals surface area contributed by atoms with Crippen molar-refractivity contribution in [2.24, 2.45) is 0 Å². The number of hydrogen-bond acceptors (Lipinski definition) is 2. The minimum absolute atomic E-state index is 0.716. The van der Waals surface area contributed by atoms with E-state index in [0.717, 1.165) is 30.1 Å². The lowest BCUT2D eigenvalue weighted by molar-refractivity contribution is 0.311. The van der Waals surface area contributed by atoms with E-state index in [-0.39, 0.29) is 0 Å². The van der Waals surface area contributed by atoms with E-state index in [9.17, 15) is 0 Å². The van der Waals surface area contributed by atoms with Crippen LogP contribution in [0.25, 0.3) is 0 Å². The van der Waals surface area contributed by atoms with Crippen LogP contribution in [0.15, 0.2) is 84.9 Å². The van der Waals surface area contributed by atoms with Crippen LogP contribution in [0.3, 0.4) is 0 Å². The molecule has 0 saturated heterocycles. The first kappa shape index (κ1) is 15.2. The molecular weight excluding hydrogens is 284 g/mol. The quantitative estimate of drug-likeness (QED) is 0.537. The molecule has 0 aliphatic heterocycles. The van der Waals surface area contributed by atoms with Crippen molar-refractivity contribution in [1.82, 2.24) is 0 Å². The minimum Gasteiger partial charge on any atom is -0.494 e. The van der Waals surface area contributed by atoms with E-state index in [0.29, 0.717) is 6.61 Å². The molecule has 3 aromatic carbocycles. The molecule has 0 spiro atoms. The van der Waals surface area contributed by atoms with Gasteiger partial charge in [0.2, 0.25) is 0 Å². The van der Waals surface area contributed by atoms with Crippen LogP contribution in [-0.2, 0) is 6.42 Å². The first-order valence-electron chi connectivity index (χ1n) is 7.90. The normalized spacial score (nSPS) is 10.3. The summed E-state index contributed by atoms with van der Waals surface area (Å²) in [6.45, 7) is 0.716. The largest absolute Gasteiger partial charge is 0.494 e. The summed E-state index contributed by atoms with van der Waals surface area (Å²) in [6.07, 6.45) is 1.95. The third kappa shape index (κ3) is 4.89. The SMILES string of the molecule is c1ccc(OCCCc2cccc(Oc3ccccc3)c2)cc1. The molecule has 0 atom stereocenters. The molecule has 0 unspecified atom stereocenters. The van der Waals surface area contributed by atoms with Gasteiger partial charge in [-0.1, -0.05) is 48.5 Å². The molecule has 0 heterocycles. The van der Waals surface area contributed by atoms with Crippen LogP contribution >= 0.6 is 0 Å². The van der Waals surface area contributed by atoms with Crippen LogP contribution in [0.5, 0.6) is 17.2 Å². The summed E-state index contributed by atoms with van der Waals surface area (Å²) < 4.78 is 11.6.